The van der Waals surface area contributed by atoms with E-state index in [0.717, 1.165) is 4.47 Å². The average Bonchev–Trinajstić information content (AvgIpc) is 2.53. The Morgan fingerprint density at radius 3 is 2.33 bits per heavy atom. The summed E-state index contributed by atoms with van der Waals surface area (Å²) in [6.45, 7) is 0. The van der Waals surface area contributed by atoms with Gasteiger partial charge in [0, 0.05) is 15.7 Å². The summed E-state index contributed by atoms with van der Waals surface area (Å²) in [7, 11) is 0. The van der Waals surface area contributed by atoms with Crippen LogP contribution < -0.4 is 5.32 Å². The van der Waals surface area contributed by atoms with Gasteiger partial charge in [-0.15, -0.1) is 0 Å². The molecule has 0 saturated carbocycles. The molecule has 0 aliphatic heterocycles. The van der Waals surface area contributed by atoms with Crippen molar-refractivity contribution in [1.29, 1.82) is 0 Å². The van der Waals surface area contributed by atoms with Crippen molar-refractivity contribution in [1.82, 2.24) is 0 Å². The molecule has 2 aromatic carbocycles. The molecule has 124 valence electrons. The highest BCUT2D eigenvalue weighted by atomic mass is 79.9. The lowest BCUT2D eigenvalue weighted by molar-refractivity contribution is -0.167. The number of ketones is 1. The maximum absolute atomic E-state index is 12.2. The van der Waals surface area contributed by atoms with Crippen LogP contribution in [0.3, 0.4) is 0 Å². The quantitative estimate of drug-likeness (QED) is 0.592. The highest BCUT2D eigenvalue weighted by Crippen LogP contribution is 2.19. The third-order valence-electron chi connectivity index (χ3n) is 2.96. The number of alkyl halides is 3. The Kier molecular flexibility index (Phi) is 5.56. The van der Waals surface area contributed by atoms with E-state index in [9.17, 15) is 22.8 Å². The molecule has 2 aromatic rings. The number of hydrogen-bond acceptors (Lipinski definition) is 2. The van der Waals surface area contributed by atoms with Crippen LogP contribution >= 0.6 is 15.9 Å². The van der Waals surface area contributed by atoms with Gasteiger partial charge in [0.1, 0.15) is 0 Å². The molecule has 0 saturated heterocycles. The van der Waals surface area contributed by atoms with E-state index in [2.05, 4.69) is 15.9 Å². The number of carbonyl (C=O) groups excluding carboxylic acids is 2. The molecule has 1 N–H and O–H groups in total. The first kappa shape index (κ1) is 17.9. The van der Waals surface area contributed by atoms with Crippen LogP contribution in [0.1, 0.15) is 15.9 Å². The van der Waals surface area contributed by atoms with Crippen LogP contribution in [0.15, 0.2) is 59.1 Å². The van der Waals surface area contributed by atoms with Crippen molar-refractivity contribution in [2.75, 3.05) is 5.32 Å². The SMILES string of the molecule is O=C(/C=C/c1cccc(NC(=O)C(F)(F)F)c1)c1ccc(Br)cc1. The van der Waals surface area contributed by atoms with E-state index >= 15 is 0 Å². The number of benzene rings is 2. The molecule has 24 heavy (non-hydrogen) atoms. The first-order valence-electron chi connectivity index (χ1n) is 6.72. The lowest BCUT2D eigenvalue weighted by Crippen LogP contribution is -2.29. The van der Waals surface area contributed by atoms with Gasteiger partial charge in [0.05, 0.1) is 0 Å². The molecular formula is C17H11BrF3NO2. The normalized spacial score (nSPS) is 11.5. The van der Waals surface area contributed by atoms with Crippen LogP contribution in [0, 0.1) is 0 Å². The van der Waals surface area contributed by atoms with E-state index in [1.54, 1.807) is 35.6 Å². The molecule has 0 fully saturated rings. The summed E-state index contributed by atoms with van der Waals surface area (Å²) in [5.41, 5.74) is 0.965. The summed E-state index contributed by atoms with van der Waals surface area (Å²) >= 11 is 3.27. The van der Waals surface area contributed by atoms with Gasteiger partial charge in [-0.05, 0) is 48.0 Å². The van der Waals surface area contributed by atoms with Crippen LogP contribution in [-0.2, 0) is 4.79 Å². The van der Waals surface area contributed by atoms with Gasteiger partial charge in [-0.25, -0.2) is 0 Å². The highest BCUT2D eigenvalue weighted by Gasteiger charge is 2.38. The number of halogens is 4. The zero-order valence-corrected chi connectivity index (χ0v) is 13.7. The standard InChI is InChI=1S/C17H11BrF3NO2/c18-13-7-5-12(6-8-13)15(23)9-4-11-2-1-3-14(10-11)22-16(24)17(19,20)21/h1-10H,(H,22,24)/b9-4+. The predicted octanol–water partition coefficient (Wildman–Crippen LogP) is 4.85. The largest absolute Gasteiger partial charge is 0.471 e. The van der Waals surface area contributed by atoms with Crippen molar-refractivity contribution < 1.29 is 22.8 Å². The van der Waals surface area contributed by atoms with Crippen molar-refractivity contribution in [3.63, 3.8) is 0 Å². The minimum absolute atomic E-state index is 0.00411. The molecule has 0 radical (unpaired) electrons. The summed E-state index contributed by atoms with van der Waals surface area (Å²) in [5.74, 6) is -2.29. The van der Waals surface area contributed by atoms with Gasteiger partial charge >= 0.3 is 12.1 Å². The molecule has 0 aliphatic rings. The van der Waals surface area contributed by atoms with Crippen molar-refractivity contribution in [2.24, 2.45) is 0 Å². The Hall–Kier alpha value is -2.41. The molecule has 0 atom stereocenters. The number of allylic oxidation sites excluding steroid dienone is 1. The Balaban J connectivity index is 2.10. The fourth-order valence-electron chi connectivity index (χ4n) is 1.80. The summed E-state index contributed by atoms with van der Waals surface area (Å²) in [6.07, 6.45) is -2.18. The highest BCUT2D eigenvalue weighted by molar-refractivity contribution is 9.10. The van der Waals surface area contributed by atoms with Crippen LogP contribution in [0.2, 0.25) is 0 Å². The van der Waals surface area contributed by atoms with Gasteiger partial charge < -0.3 is 5.32 Å². The molecule has 0 unspecified atom stereocenters. The first-order chi connectivity index (χ1) is 11.3. The second-order valence-corrected chi connectivity index (χ2v) is 5.70. The smallest absolute Gasteiger partial charge is 0.318 e. The summed E-state index contributed by atoms with van der Waals surface area (Å²) < 4.78 is 37.5. The van der Waals surface area contributed by atoms with Gasteiger partial charge in [-0.2, -0.15) is 13.2 Å². The number of anilines is 1. The van der Waals surface area contributed by atoms with Crippen molar-refractivity contribution >= 4 is 39.4 Å². The lowest BCUT2D eigenvalue weighted by atomic mass is 10.1. The van der Waals surface area contributed by atoms with E-state index in [4.69, 9.17) is 0 Å². The minimum atomic E-state index is -4.95. The molecular weight excluding hydrogens is 387 g/mol. The van der Waals surface area contributed by atoms with Crippen LogP contribution in [0.4, 0.5) is 18.9 Å². The Morgan fingerprint density at radius 1 is 1.04 bits per heavy atom. The van der Waals surface area contributed by atoms with Crippen LogP contribution in [-0.4, -0.2) is 17.9 Å². The Morgan fingerprint density at radius 2 is 1.71 bits per heavy atom. The molecule has 0 aliphatic carbocycles. The molecule has 1 amide bonds. The van der Waals surface area contributed by atoms with Gasteiger partial charge in [-0.1, -0.05) is 34.1 Å². The monoisotopic (exact) mass is 397 g/mol. The van der Waals surface area contributed by atoms with Crippen molar-refractivity contribution in [3.05, 3.63) is 70.2 Å². The van der Waals surface area contributed by atoms with E-state index in [1.165, 1.54) is 30.4 Å². The maximum Gasteiger partial charge on any atom is 0.471 e. The maximum atomic E-state index is 12.2. The lowest BCUT2D eigenvalue weighted by Gasteiger charge is -2.08. The fraction of sp³-hybridized carbons (Fsp3) is 0.0588. The number of rotatable bonds is 4. The second kappa shape index (κ2) is 7.44. The second-order valence-electron chi connectivity index (χ2n) is 4.78. The molecule has 0 aromatic heterocycles. The number of amides is 1. The average molecular weight is 398 g/mol. The van der Waals surface area contributed by atoms with E-state index in [1.807, 2.05) is 0 Å². The summed E-state index contributed by atoms with van der Waals surface area (Å²) in [4.78, 5) is 22.9. The van der Waals surface area contributed by atoms with Crippen LogP contribution in [0.25, 0.3) is 6.08 Å². The van der Waals surface area contributed by atoms with Crippen LogP contribution in [0.5, 0.6) is 0 Å². The number of hydrogen-bond donors (Lipinski definition) is 1. The molecule has 3 nitrogen and oxygen atoms in total. The van der Waals surface area contributed by atoms with Crippen molar-refractivity contribution in [2.45, 2.75) is 6.18 Å². The Labute approximate surface area is 144 Å². The zero-order chi connectivity index (χ0) is 17.7. The molecule has 0 heterocycles. The number of carbonyl (C=O) groups is 2. The summed E-state index contributed by atoms with van der Waals surface area (Å²) in [6, 6.07) is 12.5. The Bertz CT molecular complexity index is 783. The molecule has 2 rings (SSSR count). The molecule has 0 spiro atoms. The van der Waals surface area contributed by atoms with Gasteiger partial charge in [0.25, 0.3) is 0 Å². The van der Waals surface area contributed by atoms with E-state index < -0.39 is 12.1 Å². The predicted molar refractivity (Wildman–Crippen MR) is 88.6 cm³/mol. The number of nitrogens with one attached hydrogen (secondary N) is 1. The third kappa shape index (κ3) is 5.06. The molecule has 0 bridgehead atoms. The van der Waals surface area contributed by atoms with E-state index in [-0.39, 0.29) is 11.5 Å². The zero-order valence-electron chi connectivity index (χ0n) is 12.1. The summed E-state index contributed by atoms with van der Waals surface area (Å²) in [5, 5.41) is 1.76. The first-order valence-corrected chi connectivity index (χ1v) is 7.51. The molecule has 7 heteroatoms. The fourth-order valence-corrected chi connectivity index (χ4v) is 2.07. The minimum Gasteiger partial charge on any atom is -0.318 e. The van der Waals surface area contributed by atoms with Crippen molar-refractivity contribution in [3.8, 4) is 0 Å². The van der Waals surface area contributed by atoms with Gasteiger partial charge in [0.15, 0.2) is 5.78 Å². The topological polar surface area (TPSA) is 46.2 Å². The van der Waals surface area contributed by atoms with Gasteiger partial charge in [0.2, 0.25) is 0 Å². The van der Waals surface area contributed by atoms with Gasteiger partial charge in [-0.3, -0.25) is 9.59 Å². The van der Waals surface area contributed by atoms with E-state index in [0.29, 0.717) is 11.1 Å². The third-order valence-corrected chi connectivity index (χ3v) is 3.49.